The van der Waals surface area contributed by atoms with E-state index >= 15 is 0 Å². The summed E-state index contributed by atoms with van der Waals surface area (Å²) in [6, 6.07) is -2.29. The Labute approximate surface area is 450 Å². The first kappa shape index (κ1) is 62.4. The summed E-state index contributed by atoms with van der Waals surface area (Å²) < 4.78 is 0. The number of nitrogens with zero attached hydrogens (tertiary/aromatic N) is 5. The smallest absolute Gasteiger partial charge is 0.327 e. The summed E-state index contributed by atoms with van der Waals surface area (Å²) >= 11 is 0. The molecule has 1 saturated heterocycles. The van der Waals surface area contributed by atoms with Crippen molar-refractivity contribution in [2.24, 2.45) is 0 Å². The summed E-state index contributed by atoms with van der Waals surface area (Å²) in [5, 5.41) is 64.8. The van der Waals surface area contributed by atoms with E-state index in [1.165, 1.54) is 52.1 Å². The molecule has 33 heteroatoms. The number of anilines is 2. The number of carboxylic acid groups (broad SMARTS) is 5. The number of carbonyl (C=O) groups is 11. The number of carbonyl (C=O) groups excluding carboxylic acids is 6. The number of hydrogen-bond acceptors (Lipinski definition) is 21. The zero-order valence-corrected chi connectivity index (χ0v) is 43.5. The molecule has 0 bridgehead atoms. The fraction of sp³-hybridized carbons (Fsp3) is 0.489. The summed E-state index contributed by atoms with van der Waals surface area (Å²) in [5.41, 5.74) is 6.04. The van der Waals surface area contributed by atoms with E-state index in [0.717, 1.165) is 12.2 Å². The fourth-order valence-corrected chi connectivity index (χ4v) is 9.46. The quantitative estimate of drug-likeness (QED) is 0.0211. The second-order valence-corrected chi connectivity index (χ2v) is 20.0. The highest BCUT2D eigenvalue weighted by Gasteiger charge is 2.31. The molecule has 0 saturated carbocycles. The molecule has 15 N–H and O–H groups in total. The predicted octanol–water partition coefficient (Wildman–Crippen LogP) is -3.16. The van der Waals surface area contributed by atoms with Crippen LogP contribution in [-0.4, -0.2) is 208 Å². The second-order valence-electron chi connectivity index (χ2n) is 17.3. The van der Waals surface area contributed by atoms with Crippen LogP contribution < -0.4 is 48.5 Å². The van der Waals surface area contributed by atoms with Crippen LogP contribution in [0, 0.1) is 0 Å². The molecular formula is C45H60N14O17S2. The summed E-state index contributed by atoms with van der Waals surface area (Å²) in [6.45, 7) is 3.57. The minimum atomic E-state index is -1.84. The van der Waals surface area contributed by atoms with E-state index in [4.69, 9.17) is 5.73 Å². The van der Waals surface area contributed by atoms with Crippen LogP contribution >= 0.6 is 21.6 Å². The fourth-order valence-electron chi connectivity index (χ4n) is 7.16. The predicted molar refractivity (Wildman–Crippen MR) is 277 cm³/mol. The van der Waals surface area contributed by atoms with E-state index in [2.05, 4.69) is 51.8 Å². The van der Waals surface area contributed by atoms with Crippen molar-refractivity contribution in [3.8, 4) is 0 Å². The number of amides is 6. The Morgan fingerprint density at radius 3 is 1.78 bits per heavy atom. The highest BCUT2D eigenvalue weighted by Crippen LogP contribution is 2.23. The molecule has 78 heavy (non-hydrogen) atoms. The van der Waals surface area contributed by atoms with Crippen LogP contribution in [0.1, 0.15) is 61.5 Å². The van der Waals surface area contributed by atoms with Crippen LogP contribution in [0.5, 0.6) is 0 Å². The third-order valence-corrected chi connectivity index (χ3v) is 13.9. The Bertz CT molecular complexity index is 2730. The maximum atomic E-state index is 12.9. The molecule has 0 radical (unpaired) electrons. The first-order valence-corrected chi connectivity index (χ1v) is 26.4. The number of carboxylic acids is 5. The molecule has 424 valence electrons. The molecule has 1 fully saturated rings. The number of nitrogens with one attached hydrogen (secondary N) is 8. The van der Waals surface area contributed by atoms with Crippen molar-refractivity contribution in [3.05, 3.63) is 52.1 Å². The Morgan fingerprint density at radius 1 is 0.667 bits per heavy atom. The van der Waals surface area contributed by atoms with Gasteiger partial charge in [-0.2, -0.15) is 4.98 Å². The van der Waals surface area contributed by atoms with Gasteiger partial charge in [0.15, 0.2) is 11.2 Å². The van der Waals surface area contributed by atoms with Gasteiger partial charge in [-0.25, -0.2) is 33.9 Å². The van der Waals surface area contributed by atoms with Crippen molar-refractivity contribution in [1.82, 2.24) is 61.6 Å². The summed E-state index contributed by atoms with van der Waals surface area (Å²) in [6.07, 6.45) is -1.13. The molecule has 3 aromatic rings. The van der Waals surface area contributed by atoms with Crippen LogP contribution in [0.4, 0.5) is 11.6 Å². The molecular weight excluding hydrogens is 1070 g/mol. The van der Waals surface area contributed by atoms with Crippen LogP contribution in [0.2, 0.25) is 0 Å². The minimum Gasteiger partial charge on any atom is -0.480 e. The van der Waals surface area contributed by atoms with Gasteiger partial charge in [0.05, 0.1) is 44.2 Å². The number of rotatable bonds is 33. The number of nitrogens with two attached hydrogens (primary N) is 1. The van der Waals surface area contributed by atoms with Crippen molar-refractivity contribution >= 4 is 110 Å². The van der Waals surface area contributed by atoms with E-state index in [-0.39, 0.29) is 48.1 Å². The number of piperazine rings is 1. The number of aromatic nitrogens is 4. The average Bonchev–Trinajstić information content (AvgIpc) is 3.39. The Kier molecular flexibility index (Phi) is 24.9. The van der Waals surface area contributed by atoms with E-state index in [1.807, 2.05) is 17.1 Å². The molecule has 1 aliphatic heterocycles. The van der Waals surface area contributed by atoms with E-state index in [9.17, 15) is 83.1 Å². The van der Waals surface area contributed by atoms with Crippen molar-refractivity contribution < 1.29 is 78.3 Å². The monoisotopic (exact) mass is 1130 g/mol. The molecule has 2 aromatic heterocycles. The van der Waals surface area contributed by atoms with Gasteiger partial charge in [0.25, 0.3) is 11.5 Å². The second kappa shape index (κ2) is 31.1. The summed E-state index contributed by atoms with van der Waals surface area (Å²) in [5.74, 6) is -12.2. The topological polar surface area (TPSA) is 477 Å². The van der Waals surface area contributed by atoms with E-state index in [1.54, 1.807) is 4.90 Å². The molecule has 1 aliphatic rings. The normalized spacial score (nSPS) is 14.5. The van der Waals surface area contributed by atoms with Crippen LogP contribution in [-0.2, 0) is 54.5 Å². The first-order chi connectivity index (χ1) is 37.0. The van der Waals surface area contributed by atoms with Gasteiger partial charge in [0.1, 0.15) is 30.2 Å². The Morgan fingerprint density at radius 2 is 1.21 bits per heavy atom. The number of benzene rings is 1. The van der Waals surface area contributed by atoms with Crippen molar-refractivity contribution in [1.29, 1.82) is 0 Å². The van der Waals surface area contributed by atoms with Gasteiger partial charge in [-0.1, -0.05) is 28.5 Å². The number of hydrogen-bond donors (Lipinski definition) is 14. The number of fused-ring (bicyclic) bond motifs is 1. The molecule has 0 unspecified atom stereocenters. The van der Waals surface area contributed by atoms with E-state index < -0.39 is 133 Å². The molecule has 0 spiro atoms. The van der Waals surface area contributed by atoms with Gasteiger partial charge in [0, 0.05) is 68.4 Å². The van der Waals surface area contributed by atoms with Gasteiger partial charge in [-0.3, -0.25) is 48.3 Å². The number of aliphatic carboxylic acids is 5. The molecule has 31 nitrogen and oxygen atoms in total. The minimum absolute atomic E-state index is 0.00838. The molecule has 6 amide bonds. The Balaban J connectivity index is 1.13. The third kappa shape index (κ3) is 21.5. The van der Waals surface area contributed by atoms with E-state index in [0.29, 0.717) is 44.1 Å². The van der Waals surface area contributed by atoms with Crippen LogP contribution in [0.25, 0.3) is 11.2 Å². The zero-order valence-electron chi connectivity index (χ0n) is 41.9. The van der Waals surface area contributed by atoms with Crippen molar-refractivity contribution in [3.63, 3.8) is 0 Å². The van der Waals surface area contributed by atoms with Crippen molar-refractivity contribution in [2.45, 2.75) is 82.2 Å². The maximum Gasteiger partial charge on any atom is 0.327 e. The summed E-state index contributed by atoms with van der Waals surface area (Å²) in [7, 11) is 2.61. The lowest BCUT2D eigenvalue weighted by molar-refractivity contribution is -0.146. The average molecular weight is 1130 g/mol. The highest BCUT2D eigenvalue weighted by atomic mass is 33.1. The largest absolute Gasteiger partial charge is 0.480 e. The molecule has 4 rings (SSSR count). The SMILES string of the molecule is CCCSSC[C@H](NC(=O)C[C@H](NC(=O)C[C@H](NC(=O)CN1CCN(CCNC(=O)C[C@H](NC(=O)CC[C@H](NC(=O)c2ccc(NCc3cnc4nc(N)[nH]c(=O)c4n3)cc2)C(=O)O)C(=O)O)CC1)C(=O)O)C(=O)O)C(=O)O. The molecule has 0 aliphatic carbocycles. The first-order valence-electron chi connectivity index (χ1n) is 23.9. The lowest BCUT2D eigenvalue weighted by atomic mass is 10.1. The Hall–Kier alpha value is -8.17. The third-order valence-electron chi connectivity index (χ3n) is 11.3. The highest BCUT2D eigenvalue weighted by molar-refractivity contribution is 8.76. The maximum absolute atomic E-state index is 12.9. The number of H-pyrrole nitrogens is 1. The molecule has 5 atom stereocenters. The summed E-state index contributed by atoms with van der Waals surface area (Å²) in [4.78, 5) is 166. The standard InChI is InChI=1S/C45H60N14O17S2/c1-2-15-77-78-22-30(44(75)76)54-34(63)17-28(42(71)72)52-33(62)18-29(43(73)74)53-35(64)21-59-13-11-58(12-14-59)10-9-47-32(61)16-27(41(69)70)51-31(60)8-7-26(40(67)68)55-38(65)23-3-5-24(6-4-23)48-19-25-20-49-37-36(50-25)39(66)57-45(46)56-37/h3-6,20,26-30,48H,2,7-19,21-22H2,1H3,(H,47,61)(H,51,60)(H,52,62)(H,53,64)(H,54,63)(H,55,65)(H,67,68)(H,69,70)(H,71,72)(H,73,74)(H,75,76)(H3,46,49,56,57,66)/t26-,27-,28-,29-,30-/m0/s1. The van der Waals surface area contributed by atoms with Gasteiger partial charge < -0.3 is 68.5 Å². The lowest BCUT2D eigenvalue weighted by Crippen LogP contribution is -2.53. The van der Waals surface area contributed by atoms with Gasteiger partial charge >= 0.3 is 29.8 Å². The van der Waals surface area contributed by atoms with Gasteiger partial charge in [0.2, 0.25) is 35.5 Å². The van der Waals surface area contributed by atoms with Crippen LogP contribution in [0.15, 0.2) is 35.3 Å². The number of aromatic amines is 1. The van der Waals surface area contributed by atoms with Gasteiger partial charge in [-0.05, 0) is 37.1 Å². The zero-order chi connectivity index (χ0) is 57.5. The van der Waals surface area contributed by atoms with Gasteiger partial charge in [-0.15, -0.1) is 0 Å². The molecule has 3 heterocycles. The molecule has 1 aromatic carbocycles. The lowest BCUT2D eigenvalue weighted by Gasteiger charge is -2.34. The number of nitrogen functional groups attached to an aromatic ring is 1. The van der Waals surface area contributed by atoms with Crippen LogP contribution in [0.3, 0.4) is 0 Å². The van der Waals surface area contributed by atoms with Crippen molar-refractivity contribution in [2.75, 3.05) is 68.4 Å².